The first kappa shape index (κ1) is 21.2. The summed E-state index contributed by atoms with van der Waals surface area (Å²) in [5, 5.41) is 0. The topological polar surface area (TPSA) is 65.1 Å². The third-order valence-corrected chi connectivity index (χ3v) is 4.72. The fraction of sp³-hybridized carbons (Fsp3) is 0.619. The zero-order chi connectivity index (χ0) is 19.9. The van der Waals surface area contributed by atoms with Gasteiger partial charge in [0.2, 0.25) is 0 Å². The first-order valence-corrected chi connectivity index (χ1v) is 9.52. The SMILES string of the molecule is CCC1(C(=O)OCOCc2ccccc2)CCCN(C(=O)OC(C)(C)C)C1. The Hall–Kier alpha value is -2.08. The number of piperidine rings is 1. The Balaban J connectivity index is 1.88. The van der Waals surface area contributed by atoms with E-state index in [9.17, 15) is 9.59 Å². The summed E-state index contributed by atoms with van der Waals surface area (Å²) in [5.74, 6) is -0.314. The Morgan fingerprint density at radius 2 is 1.89 bits per heavy atom. The maximum Gasteiger partial charge on any atom is 0.410 e. The molecule has 0 saturated carbocycles. The van der Waals surface area contributed by atoms with Crippen LogP contribution in [0.5, 0.6) is 0 Å². The zero-order valence-electron chi connectivity index (χ0n) is 16.8. The molecule has 27 heavy (non-hydrogen) atoms. The molecule has 1 amide bonds. The summed E-state index contributed by atoms with van der Waals surface area (Å²) in [6, 6.07) is 9.71. The van der Waals surface area contributed by atoms with E-state index in [1.54, 1.807) is 4.90 Å². The molecule has 1 unspecified atom stereocenters. The quantitative estimate of drug-likeness (QED) is 0.424. The monoisotopic (exact) mass is 377 g/mol. The van der Waals surface area contributed by atoms with Crippen LogP contribution >= 0.6 is 0 Å². The average molecular weight is 377 g/mol. The number of ether oxygens (including phenoxy) is 3. The van der Waals surface area contributed by atoms with Crippen molar-refractivity contribution in [1.29, 1.82) is 0 Å². The largest absolute Gasteiger partial charge is 0.444 e. The van der Waals surface area contributed by atoms with E-state index < -0.39 is 11.0 Å². The van der Waals surface area contributed by atoms with Gasteiger partial charge < -0.3 is 19.1 Å². The molecule has 1 aliphatic heterocycles. The van der Waals surface area contributed by atoms with Gasteiger partial charge in [0.05, 0.1) is 12.0 Å². The van der Waals surface area contributed by atoms with E-state index in [0.717, 1.165) is 12.0 Å². The molecule has 0 bridgehead atoms. The van der Waals surface area contributed by atoms with Crippen LogP contribution in [0, 0.1) is 5.41 Å². The molecule has 1 aromatic rings. The predicted molar refractivity (Wildman–Crippen MR) is 102 cm³/mol. The molecule has 0 aliphatic carbocycles. The van der Waals surface area contributed by atoms with E-state index in [1.807, 2.05) is 58.0 Å². The number of rotatable bonds is 6. The lowest BCUT2D eigenvalue weighted by molar-refractivity contribution is -0.173. The van der Waals surface area contributed by atoms with Crippen molar-refractivity contribution in [3.05, 3.63) is 35.9 Å². The third-order valence-electron chi connectivity index (χ3n) is 4.72. The molecule has 1 aliphatic rings. The summed E-state index contributed by atoms with van der Waals surface area (Å²) in [7, 11) is 0. The maximum atomic E-state index is 12.7. The van der Waals surface area contributed by atoms with Crippen molar-refractivity contribution in [3.63, 3.8) is 0 Å². The van der Waals surface area contributed by atoms with Gasteiger partial charge in [-0.1, -0.05) is 37.3 Å². The van der Waals surface area contributed by atoms with Gasteiger partial charge in [-0.3, -0.25) is 4.79 Å². The molecule has 1 atom stereocenters. The van der Waals surface area contributed by atoms with Crippen molar-refractivity contribution < 1.29 is 23.8 Å². The summed E-state index contributed by atoms with van der Waals surface area (Å²) in [6.45, 7) is 8.65. The van der Waals surface area contributed by atoms with E-state index in [-0.39, 0.29) is 18.9 Å². The molecule has 6 heteroatoms. The number of likely N-dealkylation sites (tertiary alicyclic amines) is 1. The Kier molecular flexibility index (Phi) is 7.25. The van der Waals surface area contributed by atoms with Crippen LogP contribution in [-0.2, 0) is 25.6 Å². The molecule has 0 aromatic heterocycles. The Bertz CT molecular complexity index is 625. The first-order chi connectivity index (χ1) is 12.8. The van der Waals surface area contributed by atoms with Crippen LogP contribution in [-0.4, -0.2) is 42.4 Å². The minimum Gasteiger partial charge on any atom is -0.444 e. The van der Waals surface area contributed by atoms with Gasteiger partial charge in [0.25, 0.3) is 0 Å². The first-order valence-electron chi connectivity index (χ1n) is 9.52. The van der Waals surface area contributed by atoms with Gasteiger partial charge in [-0.15, -0.1) is 0 Å². The van der Waals surface area contributed by atoms with Crippen LogP contribution < -0.4 is 0 Å². The van der Waals surface area contributed by atoms with E-state index in [1.165, 1.54) is 0 Å². The van der Waals surface area contributed by atoms with E-state index in [4.69, 9.17) is 14.2 Å². The van der Waals surface area contributed by atoms with Crippen LogP contribution in [0.3, 0.4) is 0 Å². The van der Waals surface area contributed by atoms with E-state index in [2.05, 4.69) is 0 Å². The van der Waals surface area contributed by atoms with Crippen molar-refractivity contribution in [1.82, 2.24) is 4.90 Å². The van der Waals surface area contributed by atoms with Crippen molar-refractivity contribution in [3.8, 4) is 0 Å². The van der Waals surface area contributed by atoms with Gasteiger partial charge in [0.15, 0.2) is 6.79 Å². The van der Waals surface area contributed by atoms with E-state index >= 15 is 0 Å². The van der Waals surface area contributed by atoms with Crippen LogP contribution in [0.4, 0.5) is 4.79 Å². The van der Waals surface area contributed by atoms with Crippen molar-refractivity contribution >= 4 is 12.1 Å². The Labute approximate surface area is 161 Å². The lowest BCUT2D eigenvalue weighted by atomic mass is 9.77. The number of nitrogens with zero attached hydrogens (tertiary/aromatic N) is 1. The molecule has 6 nitrogen and oxygen atoms in total. The highest BCUT2D eigenvalue weighted by atomic mass is 16.7. The minimum absolute atomic E-state index is 0.0953. The molecular formula is C21H31NO5. The molecule has 1 aromatic carbocycles. The van der Waals surface area contributed by atoms with Crippen LogP contribution in [0.2, 0.25) is 0 Å². The smallest absolute Gasteiger partial charge is 0.410 e. The summed E-state index contributed by atoms with van der Waals surface area (Å²) in [5.41, 5.74) is -0.243. The number of esters is 1. The standard InChI is InChI=1S/C21H31NO5/c1-5-21(12-9-13-22(15-21)19(24)27-20(2,3)4)18(23)26-16-25-14-17-10-7-6-8-11-17/h6-8,10-11H,5,9,12-16H2,1-4H3. The second-order valence-electron chi connectivity index (χ2n) is 8.02. The normalized spacial score (nSPS) is 20.2. The van der Waals surface area contributed by atoms with Crippen LogP contribution in [0.1, 0.15) is 52.5 Å². The average Bonchev–Trinajstić information content (AvgIpc) is 2.64. The number of hydrogen-bond donors (Lipinski definition) is 0. The molecular weight excluding hydrogens is 346 g/mol. The van der Waals surface area contributed by atoms with Gasteiger partial charge >= 0.3 is 12.1 Å². The highest BCUT2D eigenvalue weighted by Crippen LogP contribution is 2.35. The molecule has 1 fully saturated rings. The van der Waals surface area contributed by atoms with E-state index in [0.29, 0.717) is 32.5 Å². The van der Waals surface area contributed by atoms with Crippen molar-refractivity contribution in [2.45, 2.75) is 59.2 Å². The fourth-order valence-electron chi connectivity index (χ4n) is 3.20. The highest BCUT2D eigenvalue weighted by molar-refractivity contribution is 5.78. The second kappa shape index (κ2) is 9.22. The molecule has 1 saturated heterocycles. The summed E-state index contributed by atoms with van der Waals surface area (Å²) >= 11 is 0. The highest BCUT2D eigenvalue weighted by Gasteiger charge is 2.44. The predicted octanol–water partition coefficient (Wildman–Crippen LogP) is 4.13. The van der Waals surface area contributed by atoms with Crippen LogP contribution in [0.25, 0.3) is 0 Å². The van der Waals surface area contributed by atoms with Crippen molar-refractivity contribution in [2.24, 2.45) is 5.41 Å². The molecule has 1 heterocycles. The number of carbonyl (C=O) groups is 2. The van der Waals surface area contributed by atoms with Gasteiger partial charge in [0.1, 0.15) is 5.60 Å². The summed E-state index contributed by atoms with van der Waals surface area (Å²) < 4.78 is 16.3. The molecule has 0 spiro atoms. The number of amides is 1. The molecule has 2 rings (SSSR count). The van der Waals surface area contributed by atoms with Crippen molar-refractivity contribution in [2.75, 3.05) is 19.9 Å². The zero-order valence-corrected chi connectivity index (χ0v) is 16.8. The lowest BCUT2D eigenvalue weighted by Gasteiger charge is -2.40. The number of benzene rings is 1. The number of carbonyl (C=O) groups excluding carboxylic acids is 2. The third kappa shape index (κ3) is 6.24. The minimum atomic E-state index is -0.703. The Morgan fingerprint density at radius 3 is 2.52 bits per heavy atom. The molecule has 0 radical (unpaired) electrons. The van der Waals surface area contributed by atoms with Gasteiger partial charge in [-0.25, -0.2) is 4.79 Å². The molecule has 150 valence electrons. The van der Waals surface area contributed by atoms with Gasteiger partial charge in [-0.05, 0) is 45.6 Å². The maximum absolute atomic E-state index is 12.7. The van der Waals surface area contributed by atoms with Gasteiger partial charge in [0, 0.05) is 13.1 Å². The number of hydrogen-bond acceptors (Lipinski definition) is 5. The Morgan fingerprint density at radius 1 is 1.19 bits per heavy atom. The molecule has 0 N–H and O–H groups in total. The second-order valence-corrected chi connectivity index (χ2v) is 8.02. The van der Waals surface area contributed by atoms with Crippen LogP contribution in [0.15, 0.2) is 30.3 Å². The lowest BCUT2D eigenvalue weighted by Crippen LogP contribution is -2.51. The fourth-order valence-corrected chi connectivity index (χ4v) is 3.20. The summed E-state index contributed by atoms with van der Waals surface area (Å²) in [6.07, 6.45) is 1.66. The van der Waals surface area contributed by atoms with Gasteiger partial charge in [-0.2, -0.15) is 0 Å². The summed E-state index contributed by atoms with van der Waals surface area (Å²) in [4.78, 5) is 26.7.